The van der Waals surface area contributed by atoms with Gasteiger partial charge in [0.2, 0.25) is 17.7 Å². The van der Waals surface area contributed by atoms with Crippen LogP contribution < -0.4 is 21.7 Å². The number of hydrogen-bond donors (Lipinski definition) is 4. The first kappa shape index (κ1) is 71.9. The lowest BCUT2D eigenvalue weighted by Gasteiger charge is -2.12. The van der Waals surface area contributed by atoms with Crippen LogP contribution in [0.5, 0.6) is 0 Å². The van der Waals surface area contributed by atoms with Crippen LogP contribution in [0.3, 0.4) is 0 Å². The molecule has 0 aliphatic carbocycles. The van der Waals surface area contributed by atoms with E-state index in [4.69, 9.17) is 48.4 Å². The van der Waals surface area contributed by atoms with E-state index in [1.807, 2.05) is 0 Å². The second kappa shape index (κ2) is 46.0. The fraction of sp³-hybridized carbons (Fsp3) is 0.766. The van der Waals surface area contributed by atoms with E-state index >= 15 is 0 Å². The van der Waals surface area contributed by atoms with Gasteiger partial charge in [-0.3, -0.25) is 43.2 Å². The first-order valence-electron chi connectivity index (χ1n) is 26.1. The third-order valence-corrected chi connectivity index (χ3v) is 16.3. The molecule has 5 rings (SSSR count). The Morgan fingerprint density at radius 3 is 1.05 bits per heavy atom. The summed E-state index contributed by atoms with van der Waals surface area (Å²) in [6.07, 6.45) is 2.36. The van der Waals surface area contributed by atoms with Crippen LogP contribution in [0.4, 0.5) is 0 Å². The van der Waals surface area contributed by atoms with Gasteiger partial charge in [0.05, 0.1) is 119 Å². The summed E-state index contributed by atoms with van der Waals surface area (Å²) in [7, 11) is 9.60. The summed E-state index contributed by atoms with van der Waals surface area (Å²) >= 11 is 0. The number of ether oxygens (including phenoxy) is 9. The second-order valence-electron chi connectivity index (χ2n) is 16.8. The molecule has 7 amide bonds. The van der Waals surface area contributed by atoms with Crippen LogP contribution in [0.25, 0.3) is 0 Å². The Morgan fingerprint density at radius 1 is 0.395 bits per heavy atom. The van der Waals surface area contributed by atoms with Gasteiger partial charge >= 0.3 is 11.9 Å². The average molecular weight is 1270 g/mol. The Morgan fingerprint density at radius 2 is 0.704 bits per heavy atom. The quantitative estimate of drug-likeness (QED) is 0.0214. The highest BCUT2D eigenvalue weighted by Crippen LogP contribution is 2.54. The number of nitrogens with two attached hydrogens (primary N) is 1. The number of amides is 7. The van der Waals surface area contributed by atoms with Crippen molar-refractivity contribution in [1.29, 1.82) is 0 Å². The van der Waals surface area contributed by atoms with Gasteiger partial charge in [0.1, 0.15) is 20.2 Å². The zero-order valence-corrected chi connectivity index (χ0v) is 49.9. The SMILES string of the molecule is NCCOCCOCCCC(=O)C1SS1.O=C(CC(=O)NCCOCCOCCNC(=O)C1SS1)NCCOCCOCCCC(=O)C1SS1.O=C(CCOCCOCCOCCC(=O)ON1C(=O)CCC1=O)ON1C(=O)CCC1=O. The molecule has 5 N–H and O–H groups in total. The van der Waals surface area contributed by atoms with E-state index in [0.29, 0.717) is 134 Å². The molecule has 0 saturated carbocycles. The van der Waals surface area contributed by atoms with Crippen LogP contribution in [0.1, 0.15) is 70.6 Å². The molecule has 5 fully saturated rings. The van der Waals surface area contributed by atoms with E-state index in [2.05, 4.69) is 25.6 Å². The largest absolute Gasteiger partial charge is 0.379 e. The van der Waals surface area contributed by atoms with Gasteiger partial charge < -0.3 is 74.0 Å². The minimum Gasteiger partial charge on any atom is -0.379 e. The molecule has 0 bridgehead atoms. The normalized spacial score (nSPS) is 15.6. The third-order valence-electron chi connectivity index (χ3n) is 10.2. The van der Waals surface area contributed by atoms with Crippen molar-refractivity contribution in [2.24, 2.45) is 5.73 Å². The molecular formula is C47H74N6O22S6. The van der Waals surface area contributed by atoms with Gasteiger partial charge in [-0.15, -0.1) is 10.1 Å². The molecule has 0 atom stereocenters. The van der Waals surface area contributed by atoms with Crippen LogP contribution in [-0.2, 0) is 105 Å². The number of hydroxylamine groups is 4. The fourth-order valence-electron chi connectivity index (χ4n) is 5.96. The third kappa shape index (κ3) is 38.3. The van der Waals surface area contributed by atoms with Gasteiger partial charge in [0.25, 0.3) is 23.6 Å². The molecule has 5 aliphatic heterocycles. The minimum atomic E-state index is -0.741. The lowest BCUT2D eigenvalue weighted by Crippen LogP contribution is -2.35. The molecule has 5 aliphatic rings. The van der Waals surface area contributed by atoms with Crippen LogP contribution >= 0.6 is 64.8 Å². The Bertz CT molecular complexity index is 1820. The van der Waals surface area contributed by atoms with E-state index in [0.717, 1.165) is 12.8 Å². The number of carbonyl (C=O) groups is 11. The van der Waals surface area contributed by atoms with Crippen LogP contribution in [0, 0.1) is 0 Å². The smallest absolute Gasteiger partial charge is 0.335 e. The van der Waals surface area contributed by atoms with Crippen molar-refractivity contribution in [3.05, 3.63) is 0 Å². The maximum Gasteiger partial charge on any atom is 0.335 e. The van der Waals surface area contributed by atoms with E-state index in [-0.39, 0.29) is 122 Å². The first-order valence-corrected chi connectivity index (χ1v) is 33.0. The summed E-state index contributed by atoms with van der Waals surface area (Å²) in [4.78, 5) is 135. The monoisotopic (exact) mass is 1270 g/mol. The van der Waals surface area contributed by atoms with Crippen molar-refractivity contribution in [2.45, 2.75) is 84.4 Å². The molecule has 0 spiro atoms. The Balaban J connectivity index is 0.000000342. The number of Topliss-reactive ketones (excluding diaryl/α,β-unsaturated/α-hetero) is 2. The maximum atomic E-state index is 11.8. The van der Waals surface area contributed by atoms with Crippen LogP contribution in [-0.4, -0.2) is 234 Å². The molecule has 5 saturated heterocycles. The van der Waals surface area contributed by atoms with Gasteiger partial charge in [0, 0.05) is 77.9 Å². The van der Waals surface area contributed by atoms with E-state index in [1.54, 1.807) is 64.8 Å². The minimum absolute atomic E-state index is 0.0305. The van der Waals surface area contributed by atoms with E-state index in [9.17, 15) is 52.7 Å². The highest BCUT2D eigenvalue weighted by molar-refractivity contribution is 8.93. The standard InChI is InChI=1S/C20H33N3O8S4.C18H24N2O11.C9H17NO3S2/c24-15(19-32-33-19)2-1-6-28-10-11-29-7-3-21-16(25)14-17(26)22-4-8-30-12-13-31-9-5-23-18(27)20-34-35-20;21-13-1-2-14(22)19(13)30-17(25)5-7-27-9-11-29-12-10-28-8-6-18(26)31-20-15(23)3-4-16(20)24;10-3-5-13-7-6-12-4-1-2-8(11)9-14-15-9/h19-20H,1-14H2,(H,21,25)(H,22,26)(H,23,27);1-12H2;9H,1-7,10H2. The lowest BCUT2D eigenvalue weighted by molar-refractivity contribution is -0.198. The molecule has 0 radical (unpaired) electrons. The molecule has 0 unspecified atom stereocenters. The highest BCUT2D eigenvalue weighted by atomic mass is 33.2. The zero-order chi connectivity index (χ0) is 58.7. The summed E-state index contributed by atoms with van der Waals surface area (Å²) in [5.74, 6) is -3.74. The molecule has 0 aromatic heterocycles. The zero-order valence-electron chi connectivity index (χ0n) is 45.0. The Kier molecular flexibility index (Phi) is 40.9. The molecule has 0 aromatic carbocycles. The molecule has 460 valence electrons. The number of carbonyl (C=O) groups excluding carboxylic acids is 11. The molecular weight excluding hydrogens is 1190 g/mol. The lowest BCUT2D eigenvalue weighted by atomic mass is 10.2. The van der Waals surface area contributed by atoms with E-state index in [1.165, 1.54) is 0 Å². The van der Waals surface area contributed by atoms with Gasteiger partial charge in [0.15, 0.2) is 11.6 Å². The number of nitrogens with zero attached hydrogens (tertiary/aromatic N) is 2. The van der Waals surface area contributed by atoms with Crippen molar-refractivity contribution >= 4 is 130 Å². The molecule has 5 heterocycles. The number of imide groups is 2. The van der Waals surface area contributed by atoms with Crippen molar-refractivity contribution in [2.75, 3.05) is 145 Å². The van der Waals surface area contributed by atoms with Gasteiger partial charge in [-0.1, -0.05) is 64.8 Å². The van der Waals surface area contributed by atoms with Gasteiger partial charge in [-0.2, -0.15) is 0 Å². The van der Waals surface area contributed by atoms with Crippen molar-refractivity contribution in [3.8, 4) is 0 Å². The summed E-state index contributed by atoms with van der Waals surface area (Å²) in [5, 5.41) is 8.98. The summed E-state index contributed by atoms with van der Waals surface area (Å²) in [6.45, 7) is 8.19. The summed E-state index contributed by atoms with van der Waals surface area (Å²) < 4.78 is 47.9. The van der Waals surface area contributed by atoms with Crippen molar-refractivity contribution in [3.63, 3.8) is 0 Å². The van der Waals surface area contributed by atoms with Crippen LogP contribution in [0.15, 0.2) is 0 Å². The van der Waals surface area contributed by atoms with E-state index < -0.39 is 35.6 Å². The maximum absolute atomic E-state index is 11.8. The molecule has 0 aromatic rings. The van der Waals surface area contributed by atoms with Crippen molar-refractivity contribution in [1.82, 2.24) is 26.1 Å². The fourth-order valence-corrected chi connectivity index (χ4v) is 9.68. The van der Waals surface area contributed by atoms with Crippen LogP contribution in [0.2, 0.25) is 0 Å². The Hall–Kier alpha value is -3.33. The summed E-state index contributed by atoms with van der Waals surface area (Å²) in [6, 6.07) is 0. The second-order valence-corrected chi connectivity index (χ2v) is 25.1. The molecule has 28 nitrogen and oxygen atoms in total. The highest BCUT2D eigenvalue weighted by Gasteiger charge is 2.35. The molecule has 34 heteroatoms. The number of hydrogen-bond acceptors (Lipinski definition) is 29. The van der Waals surface area contributed by atoms with Gasteiger partial charge in [-0.25, -0.2) is 9.59 Å². The predicted molar refractivity (Wildman–Crippen MR) is 299 cm³/mol. The van der Waals surface area contributed by atoms with Crippen molar-refractivity contribution < 1.29 is 105 Å². The molecule has 81 heavy (non-hydrogen) atoms. The number of rotatable bonds is 47. The van der Waals surface area contributed by atoms with Gasteiger partial charge in [-0.05, 0) is 12.8 Å². The number of ketones is 2. The first-order chi connectivity index (χ1) is 39.3. The Labute approximate surface area is 493 Å². The summed E-state index contributed by atoms with van der Waals surface area (Å²) in [5.41, 5.74) is 5.25. The average Bonchev–Trinajstić information content (AvgIpc) is 4.33. The number of nitrogens with one attached hydrogen (secondary N) is 3. The topological polar surface area (TPSA) is 358 Å². The predicted octanol–water partition coefficient (Wildman–Crippen LogP) is 0.663.